The monoisotopic (exact) mass is 330 g/mol. The summed E-state index contributed by atoms with van der Waals surface area (Å²) in [6.07, 6.45) is 3.25. The lowest BCUT2D eigenvalue weighted by Crippen LogP contribution is -2.12. The maximum Gasteiger partial charge on any atom is 0.256 e. The van der Waals surface area contributed by atoms with Gasteiger partial charge in [-0.2, -0.15) is 5.10 Å². The van der Waals surface area contributed by atoms with Gasteiger partial charge in [0.05, 0.1) is 10.9 Å². The molecule has 0 saturated carbocycles. The van der Waals surface area contributed by atoms with Crippen LogP contribution in [0.15, 0.2) is 60.9 Å². The first-order chi connectivity index (χ1) is 12.2. The van der Waals surface area contributed by atoms with Crippen molar-refractivity contribution < 1.29 is 4.79 Å². The van der Waals surface area contributed by atoms with E-state index >= 15 is 0 Å². The van der Waals surface area contributed by atoms with E-state index in [0.717, 1.165) is 16.5 Å². The summed E-state index contributed by atoms with van der Waals surface area (Å²) in [6, 6.07) is 14.3. The van der Waals surface area contributed by atoms with E-state index in [-0.39, 0.29) is 5.91 Å². The van der Waals surface area contributed by atoms with E-state index in [2.05, 4.69) is 25.5 Å². The molecule has 1 amide bonds. The zero-order valence-electron chi connectivity index (χ0n) is 13.1. The largest absolute Gasteiger partial charge is 0.383 e. The molecule has 0 radical (unpaired) electrons. The summed E-state index contributed by atoms with van der Waals surface area (Å²) in [4.78, 5) is 20.5. The SMILES string of the molecule is Nc1nccc2[nH]nc(-c3ccc(C(=O)Nc4ccccn4)cc3)c12. The minimum atomic E-state index is -0.224. The second-order valence-electron chi connectivity index (χ2n) is 5.44. The van der Waals surface area contributed by atoms with E-state index in [1.54, 1.807) is 36.7 Å². The van der Waals surface area contributed by atoms with Crippen molar-refractivity contribution in [2.45, 2.75) is 0 Å². The molecule has 0 aliphatic carbocycles. The molecule has 25 heavy (non-hydrogen) atoms. The van der Waals surface area contributed by atoms with Crippen LogP contribution in [0.5, 0.6) is 0 Å². The summed E-state index contributed by atoms with van der Waals surface area (Å²) in [6.45, 7) is 0. The number of hydrogen-bond acceptors (Lipinski definition) is 5. The fraction of sp³-hybridized carbons (Fsp3) is 0. The van der Waals surface area contributed by atoms with Gasteiger partial charge in [-0.1, -0.05) is 18.2 Å². The lowest BCUT2D eigenvalue weighted by atomic mass is 10.1. The predicted octanol–water partition coefficient (Wildman–Crippen LogP) is 2.85. The van der Waals surface area contributed by atoms with Crippen LogP contribution in [-0.2, 0) is 0 Å². The number of pyridine rings is 2. The Bertz CT molecular complexity index is 1040. The Morgan fingerprint density at radius 3 is 2.60 bits per heavy atom. The number of aromatic nitrogens is 4. The van der Waals surface area contributed by atoms with E-state index in [1.165, 1.54) is 0 Å². The summed E-state index contributed by atoms with van der Waals surface area (Å²) in [7, 11) is 0. The standard InChI is InChI=1S/C18H14N6O/c19-17-15-13(8-10-21-17)23-24-16(15)11-4-6-12(7-5-11)18(25)22-14-3-1-2-9-20-14/h1-10H,(H2,19,21)(H,23,24)(H,20,22,25). The molecule has 0 saturated heterocycles. The molecule has 4 rings (SSSR count). The Balaban J connectivity index is 1.62. The number of fused-ring (bicyclic) bond motifs is 1. The highest BCUT2D eigenvalue weighted by Gasteiger charge is 2.13. The van der Waals surface area contributed by atoms with Gasteiger partial charge >= 0.3 is 0 Å². The zero-order chi connectivity index (χ0) is 17.2. The van der Waals surface area contributed by atoms with E-state index in [0.29, 0.717) is 22.9 Å². The average molecular weight is 330 g/mol. The number of rotatable bonds is 3. The first kappa shape index (κ1) is 14.8. The zero-order valence-corrected chi connectivity index (χ0v) is 13.1. The van der Waals surface area contributed by atoms with Crippen molar-refractivity contribution in [3.05, 3.63) is 66.5 Å². The normalized spacial score (nSPS) is 10.7. The number of nitrogens with one attached hydrogen (secondary N) is 2. The van der Waals surface area contributed by atoms with Gasteiger partial charge in [0.15, 0.2) is 0 Å². The summed E-state index contributed by atoms with van der Waals surface area (Å²) in [5.41, 5.74) is 8.86. The number of nitrogens with two attached hydrogens (primary N) is 1. The highest BCUT2D eigenvalue weighted by molar-refractivity contribution is 6.04. The lowest BCUT2D eigenvalue weighted by molar-refractivity contribution is 0.102. The van der Waals surface area contributed by atoms with Crippen molar-refractivity contribution in [3.63, 3.8) is 0 Å². The molecule has 3 aromatic heterocycles. The molecule has 7 nitrogen and oxygen atoms in total. The minimum Gasteiger partial charge on any atom is -0.383 e. The van der Waals surface area contributed by atoms with Gasteiger partial charge in [-0.3, -0.25) is 9.89 Å². The molecule has 3 heterocycles. The number of anilines is 2. The first-order valence-electron chi connectivity index (χ1n) is 7.64. The Morgan fingerprint density at radius 2 is 1.84 bits per heavy atom. The second kappa shape index (κ2) is 6.04. The smallest absolute Gasteiger partial charge is 0.256 e. The Hall–Kier alpha value is -3.74. The molecule has 4 N–H and O–H groups in total. The highest BCUT2D eigenvalue weighted by atomic mass is 16.1. The van der Waals surface area contributed by atoms with Gasteiger partial charge in [0, 0.05) is 23.5 Å². The van der Waals surface area contributed by atoms with Crippen molar-refractivity contribution in [1.29, 1.82) is 0 Å². The number of hydrogen-bond donors (Lipinski definition) is 3. The van der Waals surface area contributed by atoms with Crippen LogP contribution < -0.4 is 11.1 Å². The maximum absolute atomic E-state index is 12.3. The fourth-order valence-corrected chi connectivity index (χ4v) is 2.61. The van der Waals surface area contributed by atoms with E-state index in [1.807, 2.05) is 24.3 Å². The number of nitrogens with zero attached hydrogens (tertiary/aromatic N) is 3. The number of carbonyl (C=O) groups is 1. The third-order valence-electron chi connectivity index (χ3n) is 3.83. The molecule has 0 fully saturated rings. The van der Waals surface area contributed by atoms with Crippen LogP contribution in [0.25, 0.3) is 22.2 Å². The summed E-state index contributed by atoms with van der Waals surface area (Å²) in [5.74, 6) is 0.699. The molecular formula is C18H14N6O. The van der Waals surface area contributed by atoms with E-state index < -0.39 is 0 Å². The molecule has 122 valence electrons. The number of nitrogen functional groups attached to an aromatic ring is 1. The number of H-pyrrole nitrogens is 1. The molecule has 0 atom stereocenters. The number of aromatic amines is 1. The van der Waals surface area contributed by atoms with Gasteiger partial charge < -0.3 is 11.1 Å². The van der Waals surface area contributed by atoms with Crippen LogP contribution in [-0.4, -0.2) is 26.1 Å². The van der Waals surface area contributed by atoms with Gasteiger partial charge in [0.2, 0.25) is 0 Å². The molecule has 0 bridgehead atoms. The number of carbonyl (C=O) groups excluding carboxylic acids is 1. The highest BCUT2D eigenvalue weighted by Crippen LogP contribution is 2.29. The second-order valence-corrected chi connectivity index (χ2v) is 5.44. The number of amides is 1. The third-order valence-corrected chi connectivity index (χ3v) is 3.83. The van der Waals surface area contributed by atoms with E-state index in [4.69, 9.17) is 5.73 Å². The van der Waals surface area contributed by atoms with Crippen molar-refractivity contribution in [2.75, 3.05) is 11.1 Å². The van der Waals surface area contributed by atoms with Crippen LogP contribution in [0.4, 0.5) is 11.6 Å². The molecule has 0 spiro atoms. The number of benzene rings is 1. The van der Waals surface area contributed by atoms with Crippen LogP contribution in [0.1, 0.15) is 10.4 Å². The Kier molecular flexibility index (Phi) is 3.59. The van der Waals surface area contributed by atoms with Gasteiger partial charge in [0.25, 0.3) is 5.91 Å². The average Bonchev–Trinajstić information content (AvgIpc) is 3.08. The van der Waals surface area contributed by atoms with Crippen LogP contribution in [0.3, 0.4) is 0 Å². The van der Waals surface area contributed by atoms with Gasteiger partial charge in [0.1, 0.15) is 17.3 Å². The van der Waals surface area contributed by atoms with Crippen LogP contribution >= 0.6 is 0 Å². The maximum atomic E-state index is 12.3. The van der Waals surface area contributed by atoms with Crippen molar-refractivity contribution >= 4 is 28.4 Å². The molecule has 1 aromatic carbocycles. The van der Waals surface area contributed by atoms with Gasteiger partial charge in [-0.15, -0.1) is 0 Å². The lowest BCUT2D eigenvalue weighted by Gasteiger charge is -2.05. The van der Waals surface area contributed by atoms with Crippen molar-refractivity contribution in [2.24, 2.45) is 0 Å². The first-order valence-corrected chi connectivity index (χ1v) is 7.64. The molecule has 0 aliphatic rings. The Labute approximate surface area is 142 Å². The predicted molar refractivity (Wildman–Crippen MR) is 95.9 cm³/mol. The van der Waals surface area contributed by atoms with Crippen LogP contribution in [0, 0.1) is 0 Å². The van der Waals surface area contributed by atoms with Gasteiger partial charge in [-0.05, 0) is 30.3 Å². The molecule has 0 aliphatic heterocycles. The minimum absolute atomic E-state index is 0.224. The van der Waals surface area contributed by atoms with Gasteiger partial charge in [-0.25, -0.2) is 9.97 Å². The van der Waals surface area contributed by atoms with Crippen molar-refractivity contribution in [3.8, 4) is 11.3 Å². The van der Waals surface area contributed by atoms with Crippen molar-refractivity contribution in [1.82, 2.24) is 20.2 Å². The quantitative estimate of drug-likeness (QED) is 0.535. The summed E-state index contributed by atoms with van der Waals surface area (Å²) in [5, 5.41) is 10.8. The summed E-state index contributed by atoms with van der Waals surface area (Å²) >= 11 is 0. The Morgan fingerprint density at radius 1 is 1.00 bits per heavy atom. The molecule has 0 unspecified atom stereocenters. The molecule has 4 aromatic rings. The fourth-order valence-electron chi connectivity index (χ4n) is 2.61. The third kappa shape index (κ3) is 2.78. The van der Waals surface area contributed by atoms with Crippen LogP contribution in [0.2, 0.25) is 0 Å². The van der Waals surface area contributed by atoms with E-state index in [9.17, 15) is 4.79 Å². The topological polar surface area (TPSA) is 110 Å². The molecule has 7 heteroatoms. The molecular weight excluding hydrogens is 316 g/mol. The summed E-state index contributed by atoms with van der Waals surface area (Å²) < 4.78 is 0.